The molecule has 1 amide bonds. The van der Waals surface area contributed by atoms with Crippen LogP contribution in [0.15, 0.2) is 24.3 Å². The number of nitrogens with one attached hydrogen (secondary N) is 1. The van der Waals surface area contributed by atoms with E-state index >= 15 is 0 Å². The minimum Gasteiger partial charge on any atom is -0.387 e. The number of aliphatic hydroxyl groups is 1. The van der Waals surface area contributed by atoms with Crippen LogP contribution in [0.2, 0.25) is 0 Å². The summed E-state index contributed by atoms with van der Waals surface area (Å²) in [7, 11) is 1.60. The highest BCUT2D eigenvalue weighted by molar-refractivity contribution is 7.47. The Kier molecular flexibility index (Phi) is 72.4. The summed E-state index contributed by atoms with van der Waals surface area (Å²) in [6.45, 7) is 4.89. The molecule has 0 rings (SSSR count). The van der Waals surface area contributed by atoms with Gasteiger partial charge in [0.15, 0.2) is 0 Å². The van der Waals surface area contributed by atoms with Crippen LogP contribution in [-0.2, 0) is 18.4 Å². The van der Waals surface area contributed by atoms with Gasteiger partial charge in [0.05, 0.1) is 39.9 Å². The van der Waals surface area contributed by atoms with E-state index in [9.17, 15) is 19.4 Å². The summed E-state index contributed by atoms with van der Waals surface area (Å²) >= 11 is 0. The maximum atomic E-state index is 13.1. The monoisotopic (exact) mass is 1300 g/mol. The van der Waals surface area contributed by atoms with E-state index < -0.39 is 20.0 Å². The number of carbonyl (C=O) groups is 1. The van der Waals surface area contributed by atoms with Crippen LogP contribution in [0, 0.1) is 0 Å². The van der Waals surface area contributed by atoms with Crippen molar-refractivity contribution in [2.24, 2.45) is 0 Å². The predicted octanol–water partition coefficient (Wildman–Crippen LogP) is 27.0. The molecule has 542 valence electrons. The molecule has 3 N–H and O–H groups in total. The van der Waals surface area contributed by atoms with Gasteiger partial charge < -0.3 is 19.8 Å². The zero-order valence-corrected chi connectivity index (χ0v) is 63.3. The first kappa shape index (κ1) is 90.0. The van der Waals surface area contributed by atoms with Crippen molar-refractivity contribution in [3.8, 4) is 0 Å². The van der Waals surface area contributed by atoms with E-state index in [0.717, 1.165) is 32.1 Å². The molecule has 3 atom stereocenters. The van der Waals surface area contributed by atoms with Gasteiger partial charge in [-0.3, -0.25) is 13.8 Å². The maximum absolute atomic E-state index is 13.1. The Hall–Kier alpha value is -1.02. The van der Waals surface area contributed by atoms with Crippen molar-refractivity contribution in [1.29, 1.82) is 0 Å². The number of quaternary nitrogens is 1. The van der Waals surface area contributed by atoms with Crippen molar-refractivity contribution in [3.63, 3.8) is 0 Å². The third-order valence-electron chi connectivity index (χ3n) is 19.4. The first-order chi connectivity index (χ1) is 44.5. The van der Waals surface area contributed by atoms with Crippen molar-refractivity contribution in [3.05, 3.63) is 24.3 Å². The van der Waals surface area contributed by atoms with Crippen molar-refractivity contribution in [1.82, 2.24) is 5.32 Å². The number of carbonyl (C=O) groups excluding carboxylic acids is 1. The second-order valence-electron chi connectivity index (χ2n) is 29.9. The number of likely N-dealkylation sites (N-methyl/N-ethyl adjacent to an activating group) is 1. The minimum atomic E-state index is -4.35. The van der Waals surface area contributed by atoms with E-state index in [1.54, 1.807) is 6.08 Å². The van der Waals surface area contributed by atoms with Crippen molar-refractivity contribution >= 4 is 13.7 Å². The van der Waals surface area contributed by atoms with Crippen LogP contribution in [0.4, 0.5) is 0 Å². The van der Waals surface area contributed by atoms with E-state index in [0.29, 0.717) is 17.4 Å². The molecule has 0 radical (unpaired) electrons. The van der Waals surface area contributed by atoms with Crippen LogP contribution in [-0.4, -0.2) is 73.4 Å². The molecule has 0 heterocycles. The van der Waals surface area contributed by atoms with Crippen LogP contribution in [0.1, 0.15) is 444 Å². The van der Waals surface area contributed by atoms with Crippen molar-refractivity contribution in [2.45, 2.75) is 456 Å². The summed E-state index contributed by atoms with van der Waals surface area (Å²) < 4.78 is 23.9. The smallest absolute Gasteiger partial charge is 0.387 e. The Morgan fingerprint density at radius 1 is 0.363 bits per heavy atom. The molecule has 91 heavy (non-hydrogen) atoms. The van der Waals surface area contributed by atoms with E-state index in [1.165, 1.54) is 392 Å². The molecule has 3 unspecified atom stereocenters. The number of allylic oxidation sites excluding steroid dienone is 3. The van der Waals surface area contributed by atoms with Crippen LogP contribution in [0.5, 0.6) is 0 Å². The number of hydrogen-bond donors (Lipinski definition) is 3. The average molecular weight is 1310 g/mol. The number of hydrogen-bond acceptors (Lipinski definition) is 5. The fraction of sp³-hybridized carbons (Fsp3) is 0.939. The molecule has 0 fully saturated rings. The molecule has 0 aromatic carbocycles. The first-order valence-corrected chi connectivity index (χ1v) is 42.7. The number of phosphoric ester groups is 1. The van der Waals surface area contributed by atoms with E-state index in [1.807, 2.05) is 27.2 Å². The second kappa shape index (κ2) is 73.2. The van der Waals surface area contributed by atoms with Gasteiger partial charge in [-0.05, 0) is 44.9 Å². The van der Waals surface area contributed by atoms with E-state index in [-0.39, 0.29) is 19.1 Å². The molecule has 0 aromatic rings. The normalized spacial score (nSPS) is 13.5. The van der Waals surface area contributed by atoms with Crippen molar-refractivity contribution < 1.29 is 32.9 Å². The van der Waals surface area contributed by atoms with Crippen LogP contribution in [0.25, 0.3) is 0 Å². The highest BCUT2D eigenvalue weighted by atomic mass is 31.2. The minimum absolute atomic E-state index is 0.0651. The highest BCUT2D eigenvalue weighted by Crippen LogP contribution is 2.43. The molecule has 0 bridgehead atoms. The lowest BCUT2D eigenvalue weighted by atomic mass is 10.0. The lowest BCUT2D eigenvalue weighted by Crippen LogP contribution is -2.45. The van der Waals surface area contributed by atoms with Gasteiger partial charge in [-0.25, -0.2) is 4.57 Å². The molecule has 9 heteroatoms. The fourth-order valence-electron chi connectivity index (χ4n) is 13.0. The number of amides is 1. The Balaban J connectivity index is 3.88. The third kappa shape index (κ3) is 76.2. The summed E-state index contributed by atoms with van der Waals surface area (Å²) in [4.78, 5) is 23.5. The van der Waals surface area contributed by atoms with Gasteiger partial charge in [-0.2, -0.15) is 0 Å². The number of unbranched alkanes of at least 4 members (excludes halogenated alkanes) is 63. The van der Waals surface area contributed by atoms with Gasteiger partial charge in [0, 0.05) is 6.42 Å². The highest BCUT2D eigenvalue weighted by Gasteiger charge is 2.28. The summed E-state index contributed by atoms with van der Waals surface area (Å²) in [5, 5.41) is 14.1. The zero-order chi connectivity index (χ0) is 66.2. The van der Waals surface area contributed by atoms with Crippen LogP contribution in [0.3, 0.4) is 0 Å². The molecule has 0 aliphatic rings. The summed E-state index contributed by atoms with van der Waals surface area (Å²) in [6, 6.07) is -0.846. The number of phosphoric acid groups is 1. The first-order valence-electron chi connectivity index (χ1n) is 41.2. The maximum Gasteiger partial charge on any atom is 0.472 e. The van der Waals surface area contributed by atoms with Crippen molar-refractivity contribution in [2.75, 3.05) is 40.9 Å². The number of aliphatic hydroxyl groups excluding tert-OH is 1. The molecule has 8 nitrogen and oxygen atoms in total. The van der Waals surface area contributed by atoms with Gasteiger partial charge >= 0.3 is 7.82 Å². The molecule has 0 spiro atoms. The fourth-order valence-corrected chi connectivity index (χ4v) is 13.8. The zero-order valence-electron chi connectivity index (χ0n) is 62.4. The molecule has 0 aromatic heterocycles. The van der Waals surface area contributed by atoms with E-state index in [4.69, 9.17) is 9.05 Å². The molecule has 0 saturated carbocycles. The van der Waals surface area contributed by atoms with Gasteiger partial charge in [0.2, 0.25) is 5.91 Å². The molecular formula is C82H164N2O6P+. The quantitative estimate of drug-likeness (QED) is 0.0243. The molecule has 0 aliphatic heterocycles. The standard InChI is InChI=1S/C82H163N2O6P/c1-6-8-10-12-14-16-18-20-22-24-26-28-30-32-34-36-37-38-39-40-41-42-43-44-45-46-47-48-50-52-54-56-58-60-62-64-66-68-70-72-74-76-82(86)83-80(79-90-91(87,88)89-78-77-84(3,4)5)81(85)75-73-71-69-67-65-63-61-59-57-55-53-51-49-35-33-31-29-27-25-23-21-19-17-15-13-11-9-7-2/h24,26,73,75,80-81,85H,6-23,25,27-72,74,76-79H2,1-5H3,(H-,83,86,87,88)/p+1/b26-24-,75-73+. The Morgan fingerprint density at radius 2 is 0.593 bits per heavy atom. The van der Waals surface area contributed by atoms with E-state index in [2.05, 4.69) is 31.3 Å². The summed E-state index contributed by atoms with van der Waals surface area (Å²) in [6.07, 6.45) is 98.2. The average Bonchev–Trinajstić information content (AvgIpc) is 3.59. The topological polar surface area (TPSA) is 105 Å². The predicted molar refractivity (Wildman–Crippen MR) is 402 cm³/mol. The third-order valence-corrected chi connectivity index (χ3v) is 20.4. The second-order valence-corrected chi connectivity index (χ2v) is 31.3. The van der Waals surface area contributed by atoms with Gasteiger partial charge in [-0.1, -0.05) is 417 Å². The molecular weight excluding hydrogens is 1140 g/mol. The Bertz CT molecular complexity index is 1530. The van der Waals surface area contributed by atoms with Crippen LogP contribution >= 0.6 is 7.82 Å². The Labute approximate surface area is 570 Å². The number of nitrogens with zero attached hydrogens (tertiary/aromatic N) is 1. The number of rotatable bonds is 78. The van der Waals surface area contributed by atoms with Crippen LogP contribution < -0.4 is 5.32 Å². The van der Waals surface area contributed by atoms with Gasteiger partial charge in [-0.15, -0.1) is 0 Å². The largest absolute Gasteiger partial charge is 0.472 e. The lowest BCUT2D eigenvalue weighted by molar-refractivity contribution is -0.870. The molecule has 0 saturated heterocycles. The molecule has 0 aliphatic carbocycles. The lowest BCUT2D eigenvalue weighted by Gasteiger charge is -2.25. The van der Waals surface area contributed by atoms with Gasteiger partial charge in [0.1, 0.15) is 13.2 Å². The summed E-state index contributed by atoms with van der Waals surface area (Å²) in [5.74, 6) is -0.166. The SMILES string of the molecule is CCCCCCCCCC/C=C\CCCCCCCCCCCCCCCCCCCCCCCCCCCCCCCC(=O)NC(COP(=O)(O)OCC[N+](C)(C)C)C(O)/C=C/CCCCCCCCCCCCCCCCCCCCCCCCCCCC. The Morgan fingerprint density at radius 3 is 0.846 bits per heavy atom. The van der Waals surface area contributed by atoms with Gasteiger partial charge in [0.25, 0.3) is 0 Å². The summed E-state index contributed by atoms with van der Waals surface area (Å²) in [5.41, 5.74) is 0.